The summed E-state index contributed by atoms with van der Waals surface area (Å²) in [7, 11) is 2.16. The summed E-state index contributed by atoms with van der Waals surface area (Å²) in [5.74, 6) is 0. The van der Waals surface area contributed by atoms with Crippen LogP contribution in [0, 0.1) is 5.41 Å². The van der Waals surface area contributed by atoms with E-state index in [1.165, 1.54) is 43.2 Å². The van der Waals surface area contributed by atoms with Gasteiger partial charge in [0.05, 0.1) is 0 Å². The third kappa shape index (κ3) is 3.80. The van der Waals surface area contributed by atoms with Gasteiger partial charge in [-0.25, -0.2) is 0 Å². The lowest BCUT2D eigenvalue weighted by molar-refractivity contribution is 0.0127. The van der Waals surface area contributed by atoms with E-state index >= 15 is 0 Å². The quantitative estimate of drug-likeness (QED) is 0.814. The van der Waals surface area contributed by atoms with E-state index in [1.54, 1.807) is 0 Å². The van der Waals surface area contributed by atoms with E-state index in [2.05, 4.69) is 43.1 Å². The Labute approximate surface area is 117 Å². The van der Waals surface area contributed by atoms with Crippen molar-refractivity contribution in [1.82, 2.24) is 4.90 Å². The topological polar surface area (TPSA) is 23.5 Å². The number of nitrogens with zero attached hydrogens (tertiary/aromatic N) is 1. The van der Waals surface area contributed by atoms with Gasteiger partial charge in [0.2, 0.25) is 0 Å². The molecule has 2 rings (SSSR count). The third-order valence-electron chi connectivity index (χ3n) is 4.37. The molecule has 1 saturated carbocycles. The van der Waals surface area contributed by atoms with Gasteiger partial charge in [-0.2, -0.15) is 0 Å². The van der Waals surface area contributed by atoms with Gasteiger partial charge < -0.3 is 10.0 Å². The van der Waals surface area contributed by atoms with Crippen LogP contribution < -0.4 is 0 Å². The van der Waals surface area contributed by atoms with Crippen LogP contribution in [0.25, 0.3) is 0 Å². The zero-order chi connectivity index (χ0) is 13.7. The van der Waals surface area contributed by atoms with E-state index in [1.807, 2.05) is 0 Å². The molecule has 0 unspecified atom stereocenters. The molecule has 1 aromatic rings. The average molecular weight is 261 g/mol. The van der Waals surface area contributed by atoms with E-state index in [0.29, 0.717) is 6.61 Å². The molecule has 0 amide bonds. The second-order valence-electron chi connectivity index (χ2n) is 6.25. The lowest BCUT2D eigenvalue weighted by Gasteiger charge is -2.43. The van der Waals surface area contributed by atoms with Crippen LogP contribution in [0.4, 0.5) is 0 Å². The Kier molecular flexibility index (Phi) is 5.00. The fourth-order valence-corrected chi connectivity index (χ4v) is 3.08. The molecule has 1 fully saturated rings. The summed E-state index contributed by atoms with van der Waals surface area (Å²) in [4.78, 5) is 2.35. The lowest BCUT2D eigenvalue weighted by atomic mass is 9.69. The van der Waals surface area contributed by atoms with Gasteiger partial charge in [0.25, 0.3) is 0 Å². The van der Waals surface area contributed by atoms with Crippen molar-refractivity contribution in [2.24, 2.45) is 5.41 Å². The van der Waals surface area contributed by atoms with E-state index in [9.17, 15) is 5.11 Å². The van der Waals surface area contributed by atoms with Gasteiger partial charge in [-0.15, -0.1) is 0 Å². The summed E-state index contributed by atoms with van der Waals surface area (Å²) in [6.45, 7) is 4.55. The van der Waals surface area contributed by atoms with Crippen molar-refractivity contribution in [1.29, 1.82) is 0 Å². The highest BCUT2D eigenvalue weighted by Gasteiger charge is 2.37. The smallest absolute Gasteiger partial charge is 0.0499 e. The standard InChI is InChI=1S/C17H27NO/c1-3-5-15-6-8-16(9-7-15)12-18(2)13-17(14-19)10-4-11-17/h6-9,19H,3-5,10-14H2,1-2H3. The van der Waals surface area contributed by atoms with Crippen molar-refractivity contribution in [3.63, 3.8) is 0 Å². The van der Waals surface area contributed by atoms with Crippen LogP contribution in [0.15, 0.2) is 24.3 Å². The molecule has 0 atom stereocenters. The molecule has 2 heteroatoms. The van der Waals surface area contributed by atoms with E-state index in [4.69, 9.17) is 0 Å². The molecule has 0 bridgehead atoms. The SMILES string of the molecule is CCCc1ccc(CN(C)CC2(CO)CCC2)cc1. The molecule has 1 aliphatic rings. The number of aliphatic hydroxyl groups excluding tert-OH is 1. The van der Waals surface area contributed by atoms with Crippen molar-refractivity contribution in [3.05, 3.63) is 35.4 Å². The fourth-order valence-electron chi connectivity index (χ4n) is 3.08. The monoisotopic (exact) mass is 261 g/mol. The summed E-state index contributed by atoms with van der Waals surface area (Å²) >= 11 is 0. The van der Waals surface area contributed by atoms with E-state index in [-0.39, 0.29) is 5.41 Å². The molecule has 1 N–H and O–H groups in total. The van der Waals surface area contributed by atoms with Crippen LogP contribution >= 0.6 is 0 Å². The van der Waals surface area contributed by atoms with Gasteiger partial charge in [-0.3, -0.25) is 0 Å². The highest BCUT2D eigenvalue weighted by Crippen LogP contribution is 2.40. The molecule has 0 saturated heterocycles. The Bertz CT molecular complexity index is 375. The minimum Gasteiger partial charge on any atom is -0.396 e. The van der Waals surface area contributed by atoms with Crippen LogP contribution in [0.2, 0.25) is 0 Å². The summed E-state index contributed by atoms with van der Waals surface area (Å²) < 4.78 is 0. The Balaban J connectivity index is 1.86. The maximum Gasteiger partial charge on any atom is 0.0499 e. The van der Waals surface area contributed by atoms with Crippen molar-refractivity contribution in [3.8, 4) is 0 Å². The van der Waals surface area contributed by atoms with Crippen LogP contribution in [-0.4, -0.2) is 30.2 Å². The normalized spacial score (nSPS) is 17.5. The molecule has 2 nitrogen and oxygen atoms in total. The van der Waals surface area contributed by atoms with Crippen molar-refractivity contribution >= 4 is 0 Å². The first-order valence-electron chi connectivity index (χ1n) is 7.55. The van der Waals surface area contributed by atoms with Crippen LogP contribution in [0.5, 0.6) is 0 Å². The predicted molar refractivity (Wildman–Crippen MR) is 80.1 cm³/mol. The number of aryl methyl sites for hydroxylation is 1. The van der Waals surface area contributed by atoms with Gasteiger partial charge in [0.1, 0.15) is 0 Å². The Morgan fingerprint density at radius 1 is 1.16 bits per heavy atom. The maximum atomic E-state index is 9.52. The summed E-state index contributed by atoms with van der Waals surface area (Å²) in [5.41, 5.74) is 2.99. The minimum absolute atomic E-state index is 0.191. The molecular weight excluding hydrogens is 234 g/mol. The van der Waals surface area contributed by atoms with Gasteiger partial charge in [-0.1, -0.05) is 44.0 Å². The number of benzene rings is 1. The van der Waals surface area contributed by atoms with Crippen LogP contribution in [0.3, 0.4) is 0 Å². The van der Waals surface area contributed by atoms with Crippen molar-refractivity contribution in [2.45, 2.75) is 45.6 Å². The molecule has 0 radical (unpaired) electrons. The predicted octanol–water partition coefficient (Wildman–Crippen LogP) is 3.23. The molecule has 1 aliphatic carbocycles. The summed E-state index contributed by atoms with van der Waals surface area (Å²) in [6.07, 6.45) is 6.02. The fraction of sp³-hybridized carbons (Fsp3) is 0.647. The Hall–Kier alpha value is -0.860. The lowest BCUT2D eigenvalue weighted by Crippen LogP contribution is -2.43. The average Bonchev–Trinajstić information content (AvgIpc) is 2.37. The van der Waals surface area contributed by atoms with E-state index in [0.717, 1.165) is 13.1 Å². The van der Waals surface area contributed by atoms with Gasteiger partial charge in [0.15, 0.2) is 0 Å². The molecule has 106 valence electrons. The molecular formula is C17H27NO. The molecule has 0 aromatic heterocycles. The third-order valence-corrected chi connectivity index (χ3v) is 4.37. The number of hydrogen-bond acceptors (Lipinski definition) is 2. The molecule has 1 aromatic carbocycles. The first-order valence-corrected chi connectivity index (χ1v) is 7.55. The zero-order valence-corrected chi connectivity index (χ0v) is 12.4. The molecule has 0 aliphatic heterocycles. The van der Waals surface area contributed by atoms with Gasteiger partial charge >= 0.3 is 0 Å². The summed E-state index contributed by atoms with van der Waals surface area (Å²) in [6, 6.07) is 8.98. The minimum atomic E-state index is 0.191. The number of aliphatic hydroxyl groups is 1. The van der Waals surface area contributed by atoms with Crippen LogP contribution in [-0.2, 0) is 13.0 Å². The molecule has 19 heavy (non-hydrogen) atoms. The highest BCUT2D eigenvalue weighted by atomic mass is 16.3. The second-order valence-corrected chi connectivity index (χ2v) is 6.25. The first kappa shape index (κ1) is 14.5. The van der Waals surface area contributed by atoms with Crippen LogP contribution in [0.1, 0.15) is 43.7 Å². The highest BCUT2D eigenvalue weighted by molar-refractivity contribution is 5.22. The molecule has 0 heterocycles. The molecule has 0 spiro atoms. The second kappa shape index (κ2) is 6.53. The van der Waals surface area contributed by atoms with E-state index < -0.39 is 0 Å². The zero-order valence-electron chi connectivity index (χ0n) is 12.4. The Morgan fingerprint density at radius 3 is 2.26 bits per heavy atom. The number of rotatable bonds is 7. The maximum absolute atomic E-state index is 9.52. The van der Waals surface area contributed by atoms with Crippen molar-refractivity contribution in [2.75, 3.05) is 20.2 Å². The number of hydrogen-bond donors (Lipinski definition) is 1. The van der Waals surface area contributed by atoms with Gasteiger partial charge in [-0.05, 0) is 37.4 Å². The Morgan fingerprint density at radius 2 is 1.79 bits per heavy atom. The largest absolute Gasteiger partial charge is 0.396 e. The van der Waals surface area contributed by atoms with Gasteiger partial charge in [0, 0.05) is 25.1 Å². The summed E-state index contributed by atoms with van der Waals surface area (Å²) in [5, 5.41) is 9.52. The first-order chi connectivity index (χ1) is 9.17. The van der Waals surface area contributed by atoms with Crippen molar-refractivity contribution < 1.29 is 5.11 Å².